The van der Waals surface area contributed by atoms with Crippen LogP contribution in [-0.4, -0.2) is 49.1 Å². The van der Waals surface area contributed by atoms with Gasteiger partial charge in [0, 0.05) is 36.0 Å². The summed E-state index contributed by atoms with van der Waals surface area (Å²) in [4.78, 5) is 21.9. The zero-order chi connectivity index (χ0) is 24.4. The van der Waals surface area contributed by atoms with Gasteiger partial charge in [0.1, 0.15) is 10.9 Å². The van der Waals surface area contributed by atoms with Crippen molar-refractivity contribution in [2.75, 3.05) is 38.2 Å². The Bertz CT molecular complexity index is 1250. The van der Waals surface area contributed by atoms with Crippen LogP contribution in [0.3, 0.4) is 0 Å². The summed E-state index contributed by atoms with van der Waals surface area (Å²) in [6.45, 7) is 5.76. The fourth-order valence-electron chi connectivity index (χ4n) is 5.30. The first-order chi connectivity index (χ1) is 17.0. The Labute approximate surface area is 212 Å². The van der Waals surface area contributed by atoms with Gasteiger partial charge in [-0.3, -0.25) is 9.69 Å². The lowest BCUT2D eigenvalue weighted by atomic mass is 9.74. The van der Waals surface area contributed by atoms with E-state index < -0.39 is 0 Å². The van der Waals surface area contributed by atoms with Gasteiger partial charge in [0.2, 0.25) is 0 Å². The van der Waals surface area contributed by atoms with Gasteiger partial charge in [0.15, 0.2) is 0 Å². The third-order valence-electron chi connectivity index (χ3n) is 7.30. The largest absolute Gasteiger partial charge is 0.497 e. The van der Waals surface area contributed by atoms with Gasteiger partial charge in [-0.25, -0.2) is 4.98 Å². The van der Waals surface area contributed by atoms with E-state index in [2.05, 4.69) is 59.3 Å². The number of carbonyl (C=O) groups excluding carboxylic acids is 1. The topological polar surface area (TPSA) is 45.7 Å². The van der Waals surface area contributed by atoms with Crippen LogP contribution in [0.2, 0.25) is 5.15 Å². The van der Waals surface area contributed by atoms with Gasteiger partial charge < -0.3 is 9.64 Å². The van der Waals surface area contributed by atoms with E-state index in [1.54, 1.807) is 25.4 Å². The summed E-state index contributed by atoms with van der Waals surface area (Å²) in [5.74, 6) is 0.858. The van der Waals surface area contributed by atoms with Crippen molar-refractivity contribution in [3.05, 3.63) is 94.3 Å². The van der Waals surface area contributed by atoms with Crippen LogP contribution in [0, 0.1) is 6.92 Å². The Hall–Kier alpha value is -3.15. The van der Waals surface area contributed by atoms with Gasteiger partial charge in [0.25, 0.3) is 5.91 Å². The molecule has 3 heterocycles. The molecule has 0 N–H and O–H groups in total. The summed E-state index contributed by atoms with van der Waals surface area (Å²) in [6.07, 6.45) is 8.05. The number of ether oxygens (including phenoxy) is 1. The van der Waals surface area contributed by atoms with Crippen LogP contribution in [0.4, 0.5) is 5.69 Å². The number of amides is 1. The highest BCUT2D eigenvalue weighted by molar-refractivity contribution is 6.29. The van der Waals surface area contributed by atoms with Gasteiger partial charge in [-0.1, -0.05) is 53.6 Å². The molecule has 0 bridgehead atoms. The number of aromatic nitrogens is 1. The molecule has 1 aromatic heterocycles. The number of carbonyl (C=O) groups is 1. The Balaban J connectivity index is 1.29. The van der Waals surface area contributed by atoms with Crippen molar-refractivity contribution >= 4 is 29.3 Å². The molecule has 0 radical (unpaired) electrons. The summed E-state index contributed by atoms with van der Waals surface area (Å²) in [5.41, 5.74) is 5.30. The number of pyridine rings is 1. The van der Waals surface area contributed by atoms with Crippen LogP contribution < -0.4 is 9.64 Å². The average molecular weight is 488 g/mol. The van der Waals surface area contributed by atoms with Crippen molar-refractivity contribution in [1.82, 2.24) is 9.88 Å². The van der Waals surface area contributed by atoms with E-state index in [9.17, 15) is 4.79 Å². The number of likely N-dealkylation sites (tertiary alicyclic amines) is 1. The maximum atomic E-state index is 13.5. The molecule has 0 aliphatic carbocycles. The molecule has 6 heteroatoms. The minimum Gasteiger partial charge on any atom is -0.497 e. The van der Waals surface area contributed by atoms with Crippen LogP contribution in [0.5, 0.6) is 5.75 Å². The van der Waals surface area contributed by atoms with Crippen LogP contribution in [0.25, 0.3) is 6.08 Å². The minimum atomic E-state index is -0.0128. The molecule has 2 aromatic carbocycles. The number of hydrogen-bond acceptors (Lipinski definition) is 4. The summed E-state index contributed by atoms with van der Waals surface area (Å²) in [5, 5.41) is 0.338. The van der Waals surface area contributed by atoms with Crippen molar-refractivity contribution < 1.29 is 9.53 Å². The standard InChI is InChI=1S/C29H30ClN3O2/c1-21-5-10-26-25(18-21)29(20-33(26)28(34)23-11-14-31-27(30)19-23)12-16-32(17-13-29)15-3-4-22-6-8-24(35-2)9-7-22/h3-11,14,18-19H,12-13,15-17,20H2,1-2H3/b4-3+. The molecule has 2 aliphatic rings. The van der Waals surface area contributed by atoms with Crippen LogP contribution in [0.1, 0.15) is 39.9 Å². The number of benzene rings is 2. The second-order valence-corrected chi connectivity index (χ2v) is 9.92. The molecule has 0 atom stereocenters. The van der Waals surface area contributed by atoms with Gasteiger partial charge in [-0.15, -0.1) is 0 Å². The maximum Gasteiger partial charge on any atom is 0.258 e. The molecule has 1 saturated heterocycles. The van der Waals surface area contributed by atoms with Crippen molar-refractivity contribution in [3.8, 4) is 5.75 Å². The second-order valence-electron chi connectivity index (χ2n) is 9.54. The molecule has 1 spiro atoms. The SMILES string of the molecule is COc1ccc(/C=C/CN2CCC3(CC2)CN(C(=O)c2ccnc(Cl)c2)c2ccc(C)cc23)cc1. The highest BCUT2D eigenvalue weighted by Crippen LogP contribution is 2.47. The highest BCUT2D eigenvalue weighted by Gasteiger charge is 2.46. The predicted octanol–water partition coefficient (Wildman–Crippen LogP) is 5.76. The number of methoxy groups -OCH3 is 1. The Morgan fingerprint density at radius 2 is 1.89 bits per heavy atom. The average Bonchev–Trinajstić information content (AvgIpc) is 3.18. The molecule has 0 unspecified atom stereocenters. The predicted molar refractivity (Wildman–Crippen MR) is 141 cm³/mol. The van der Waals surface area contributed by atoms with Crippen LogP contribution >= 0.6 is 11.6 Å². The normalized spacial score (nSPS) is 17.2. The molecular weight excluding hydrogens is 458 g/mol. The lowest BCUT2D eigenvalue weighted by Gasteiger charge is -2.39. The second kappa shape index (κ2) is 9.84. The zero-order valence-corrected chi connectivity index (χ0v) is 21.0. The van der Waals surface area contributed by atoms with E-state index in [0.717, 1.165) is 43.9 Å². The van der Waals surface area contributed by atoms with Gasteiger partial charge in [-0.2, -0.15) is 0 Å². The minimum absolute atomic E-state index is 0.00988. The lowest BCUT2D eigenvalue weighted by molar-refractivity contribution is 0.0977. The molecule has 5 rings (SSSR count). The van der Waals surface area contributed by atoms with Crippen molar-refractivity contribution in [1.29, 1.82) is 0 Å². The van der Waals surface area contributed by atoms with Crippen molar-refractivity contribution in [3.63, 3.8) is 0 Å². The fraction of sp³-hybridized carbons (Fsp3) is 0.310. The molecule has 180 valence electrons. The number of nitrogens with zero attached hydrogens (tertiary/aromatic N) is 3. The number of anilines is 1. The van der Waals surface area contributed by atoms with E-state index in [0.29, 0.717) is 17.3 Å². The molecule has 1 amide bonds. The summed E-state index contributed by atoms with van der Waals surface area (Å²) >= 11 is 6.07. The van der Waals surface area contributed by atoms with E-state index in [1.807, 2.05) is 17.0 Å². The molecule has 3 aromatic rings. The highest BCUT2D eigenvalue weighted by atomic mass is 35.5. The lowest BCUT2D eigenvalue weighted by Crippen LogP contribution is -2.46. The number of piperidine rings is 1. The van der Waals surface area contributed by atoms with Gasteiger partial charge >= 0.3 is 0 Å². The molecule has 5 nitrogen and oxygen atoms in total. The first kappa shape index (κ1) is 23.6. The Morgan fingerprint density at radius 3 is 2.60 bits per heavy atom. The third-order valence-corrected chi connectivity index (χ3v) is 7.50. The summed E-state index contributed by atoms with van der Waals surface area (Å²) in [7, 11) is 1.68. The zero-order valence-electron chi connectivity index (χ0n) is 20.2. The first-order valence-corrected chi connectivity index (χ1v) is 12.4. The summed E-state index contributed by atoms with van der Waals surface area (Å²) < 4.78 is 5.23. The quantitative estimate of drug-likeness (QED) is 0.429. The number of rotatable bonds is 5. The molecular formula is C29H30ClN3O2. The Morgan fingerprint density at radius 1 is 1.11 bits per heavy atom. The van der Waals surface area contributed by atoms with Crippen molar-refractivity contribution in [2.24, 2.45) is 0 Å². The number of fused-ring (bicyclic) bond motifs is 2. The molecule has 0 saturated carbocycles. The van der Waals surface area contributed by atoms with E-state index in [4.69, 9.17) is 16.3 Å². The monoisotopic (exact) mass is 487 g/mol. The van der Waals surface area contributed by atoms with E-state index in [1.165, 1.54) is 16.7 Å². The smallest absolute Gasteiger partial charge is 0.258 e. The molecule has 2 aliphatic heterocycles. The van der Waals surface area contributed by atoms with Crippen molar-refractivity contribution in [2.45, 2.75) is 25.2 Å². The van der Waals surface area contributed by atoms with Gasteiger partial charge in [0.05, 0.1) is 7.11 Å². The van der Waals surface area contributed by atoms with E-state index in [-0.39, 0.29) is 11.3 Å². The number of halogens is 1. The van der Waals surface area contributed by atoms with Crippen LogP contribution in [-0.2, 0) is 5.41 Å². The van der Waals surface area contributed by atoms with Crippen LogP contribution in [0.15, 0.2) is 66.9 Å². The summed E-state index contributed by atoms with van der Waals surface area (Å²) in [6, 6.07) is 18.0. The number of aryl methyl sites for hydroxylation is 1. The first-order valence-electron chi connectivity index (χ1n) is 12.0. The van der Waals surface area contributed by atoms with Gasteiger partial charge in [-0.05, 0) is 74.3 Å². The third kappa shape index (κ3) is 4.84. The maximum absolute atomic E-state index is 13.5. The molecule has 1 fully saturated rings. The molecule has 35 heavy (non-hydrogen) atoms. The fourth-order valence-corrected chi connectivity index (χ4v) is 5.47. The van der Waals surface area contributed by atoms with E-state index >= 15 is 0 Å². The Kier molecular flexibility index (Phi) is 6.63. The number of hydrogen-bond donors (Lipinski definition) is 0.